The second-order valence-corrected chi connectivity index (χ2v) is 3.77. The summed E-state index contributed by atoms with van der Waals surface area (Å²) in [6.07, 6.45) is -0.137. The molecule has 1 atom stereocenters. The maximum Gasteiger partial charge on any atom is 0.110 e. The average Bonchev–Trinajstić information content (AvgIpc) is 1.87. The summed E-state index contributed by atoms with van der Waals surface area (Å²) in [5.74, 6) is 0. The Bertz CT molecular complexity index is 98.8. The molecule has 0 heterocycles. The molecule has 0 radical (unpaired) electrons. The van der Waals surface area contributed by atoms with Crippen molar-refractivity contribution in [3.8, 4) is 0 Å². The van der Waals surface area contributed by atoms with Crippen LogP contribution < -0.4 is 5.32 Å². The molecule has 0 aliphatic heterocycles. The summed E-state index contributed by atoms with van der Waals surface area (Å²) in [4.78, 5) is 4.35. The van der Waals surface area contributed by atoms with E-state index in [9.17, 15) is 0 Å². The number of nitrogens with one attached hydrogen (secondary N) is 1. The summed E-state index contributed by atoms with van der Waals surface area (Å²) in [5.41, 5.74) is -0.0169. The summed E-state index contributed by atoms with van der Waals surface area (Å²) >= 11 is 0. The third-order valence-electron chi connectivity index (χ3n) is 1.67. The maximum atomic E-state index is 8.55. The van der Waals surface area contributed by atoms with Gasteiger partial charge in [0.25, 0.3) is 0 Å². The van der Waals surface area contributed by atoms with Crippen LogP contribution in [0.2, 0.25) is 0 Å². The van der Waals surface area contributed by atoms with Crippen molar-refractivity contribution in [2.75, 3.05) is 13.1 Å². The molecule has 3 nitrogen and oxygen atoms in total. The van der Waals surface area contributed by atoms with E-state index in [4.69, 9.17) is 5.26 Å². The van der Waals surface area contributed by atoms with E-state index in [1.54, 1.807) is 0 Å². The maximum absolute atomic E-state index is 8.55. The zero-order valence-electron chi connectivity index (χ0n) is 7.85. The van der Waals surface area contributed by atoms with Crippen molar-refractivity contribution >= 4 is 0 Å². The minimum absolute atomic E-state index is 0.0169. The summed E-state index contributed by atoms with van der Waals surface area (Å²) in [6.45, 7) is 9.71. The minimum atomic E-state index is -0.137. The lowest BCUT2D eigenvalue weighted by molar-refractivity contribution is -0.297. The van der Waals surface area contributed by atoms with Crippen molar-refractivity contribution in [3.05, 3.63) is 0 Å². The fraction of sp³-hybridized carbons (Fsp3) is 1.00. The third kappa shape index (κ3) is 4.35. The Balaban J connectivity index is 3.76. The van der Waals surface area contributed by atoms with Crippen LogP contribution in [0, 0.1) is 5.41 Å². The van der Waals surface area contributed by atoms with Crippen LogP contribution in [0.1, 0.15) is 27.7 Å². The highest BCUT2D eigenvalue weighted by Crippen LogP contribution is 2.20. The van der Waals surface area contributed by atoms with Crippen LogP contribution in [0.4, 0.5) is 0 Å². The molecule has 68 valence electrons. The molecule has 0 fully saturated rings. The molecule has 11 heavy (non-hydrogen) atoms. The molecule has 3 heteroatoms. The first-order valence-corrected chi connectivity index (χ1v) is 4.03. The van der Waals surface area contributed by atoms with Crippen molar-refractivity contribution in [2.45, 2.75) is 33.8 Å². The predicted molar refractivity (Wildman–Crippen MR) is 45.5 cm³/mol. The van der Waals surface area contributed by atoms with Gasteiger partial charge >= 0.3 is 0 Å². The third-order valence-corrected chi connectivity index (χ3v) is 1.67. The van der Waals surface area contributed by atoms with Crippen molar-refractivity contribution < 1.29 is 10.1 Å². The van der Waals surface area contributed by atoms with Gasteiger partial charge in [0.1, 0.15) is 6.10 Å². The Morgan fingerprint density at radius 1 is 1.45 bits per heavy atom. The van der Waals surface area contributed by atoms with Gasteiger partial charge in [-0.15, -0.1) is 0 Å². The standard InChI is InChI=1S/C8H19NO2/c1-5-9-6-7(11-10)8(2,3)4/h7,9-10H,5-6H2,1-4H3. The Morgan fingerprint density at radius 2 is 2.00 bits per heavy atom. The summed E-state index contributed by atoms with van der Waals surface area (Å²) in [6, 6.07) is 0. The summed E-state index contributed by atoms with van der Waals surface area (Å²) in [5, 5.41) is 11.7. The molecule has 0 saturated carbocycles. The van der Waals surface area contributed by atoms with Crippen molar-refractivity contribution in [3.63, 3.8) is 0 Å². The quantitative estimate of drug-likeness (QED) is 0.485. The van der Waals surface area contributed by atoms with Crippen molar-refractivity contribution in [2.24, 2.45) is 5.41 Å². The van der Waals surface area contributed by atoms with Crippen LogP contribution in [0.15, 0.2) is 0 Å². The topological polar surface area (TPSA) is 41.5 Å². The fourth-order valence-electron chi connectivity index (χ4n) is 0.777. The van der Waals surface area contributed by atoms with Crippen LogP contribution >= 0.6 is 0 Å². The van der Waals surface area contributed by atoms with Crippen molar-refractivity contribution in [1.82, 2.24) is 5.32 Å². The van der Waals surface area contributed by atoms with Crippen LogP contribution in [0.5, 0.6) is 0 Å². The second kappa shape index (κ2) is 4.70. The first kappa shape index (κ1) is 10.9. The van der Waals surface area contributed by atoms with E-state index in [1.807, 2.05) is 27.7 Å². The highest BCUT2D eigenvalue weighted by molar-refractivity contribution is 4.75. The summed E-state index contributed by atoms with van der Waals surface area (Å²) < 4.78 is 0. The Hall–Kier alpha value is -0.120. The van der Waals surface area contributed by atoms with Gasteiger partial charge in [-0.2, -0.15) is 0 Å². The smallest absolute Gasteiger partial charge is 0.110 e. The fourth-order valence-corrected chi connectivity index (χ4v) is 0.777. The van der Waals surface area contributed by atoms with E-state index in [2.05, 4.69) is 10.2 Å². The van der Waals surface area contributed by atoms with Crippen LogP contribution in [-0.2, 0) is 4.89 Å². The Morgan fingerprint density at radius 3 is 2.27 bits per heavy atom. The van der Waals surface area contributed by atoms with E-state index >= 15 is 0 Å². The molecule has 0 rings (SSSR count). The zero-order valence-corrected chi connectivity index (χ0v) is 7.85. The Labute approximate surface area is 68.7 Å². The van der Waals surface area contributed by atoms with Gasteiger partial charge in [-0.05, 0) is 12.0 Å². The van der Waals surface area contributed by atoms with E-state index < -0.39 is 0 Å². The minimum Gasteiger partial charge on any atom is -0.314 e. The lowest BCUT2D eigenvalue weighted by Crippen LogP contribution is -2.38. The number of likely N-dealkylation sites (N-methyl/N-ethyl adjacent to an activating group) is 1. The largest absolute Gasteiger partial charge is 0.314 e. The molecule has 0 bridgehead atoms. The number of rotatable bonds is 4. The molecule has 0 aliphatic carbocycles. The van der Waals surface area contributed by atoms with Gasteiger partial charge in [-0.1, -0.05) is 27.7 Å². The van der Waals surface area contributed by atoms with Gasteiger partial charge in [0.15, 0.2) is 0 Å². The molecule has 0 amide bonds. The van der Waals surface area contributed by atoms with Gasteiger partial charge in [0.05, 0.1) is 0 Å². The van der Waals surface area contributed by atoms with Gasteiger partial charge in [-0.3, -0.25) is 5.26 Å². The van der Waals surface area contributed by atoms with Gasteiger partial charge in [0, 0.05) is 6.54 Å². The normalized spacial score (nSPS) is 15.0. The molecule has 0 saturated heterocycles. The number of hydrogen-bond acceptors (Lipinski definition) is 3. The van der Waals surface area contributed by atoms with E-state index in [0.717, 1.165) is 6.54 Å². The summed E-state index contributed by atoms with van der Waals surface area (Å²) in [7, 11) is 0. The van der Waals surface area contributed by atoms with E-state index in [1.165, 1.54) is 0 Å². The molecular formula is C8H19NO2. The lowest BCUT2D eigenvalue weighted by Gasteiger charge is -2.27. The molecular weight excluding hydrogens is 142 g/mol. The van der Waals surface area contributed by atoms with E-state index in [-0.39, 0.29) is 11.5 Å². The highest BCUT2D eigenvalue weighted by atomic mass is 17.1. The molecule has 0 aromatic heterocycles. The van der Waals surface area contributed by atoms with Gasteiger partial charge in [-0.25, -0.2) is 4.89 Å². The molecule has 0 aliphatic rings. The monoisotopic (exact) mass is 161 g/mol. The molecule has 0 spiro atoms. The average molecular weight is 161 g/mol. The van der Waals surface area contributed by atoms with Crippen LogP contribution in [-0.4, -0.2) is 24.5 Å². The zero-order chi connectivity index (χ0) is 8.91. The molecule has 2 N–H and O–H groups in total. The van der Waals surface area contributed by atoms with Crippen molar-refractivity contribution in [1.29, 1.82) is 0 Å². The van der Waals surface area contributed by atoms with E-state index in [0.29, 0.717) is 6.54 Å². The van der Waals surface area contributed by atoms with Crippen LogP contribution in [0.3, 0.4) is 0 Å². The molecule has 1 unspecified atom stereocenters. The number of hydrogen-bond donors (Lipinski definition) is 2. The van der Waals surface area contributed by atoms with Gasteiger partial charge in [0.2, 0.25) is 0 Å². The molecule has 0 aromatic carbocycles. The predicted octanol–water partition coefficient (Wildman–Crippen LogP) is 1.50. The first-order valence-electron chi connectivity index (χ1n) is 4.03. The SMILES string of the molecule is CCNCC(OO)C(C)(C)C. The highest BCUT2D eigenvalue weighted by Gasteiger charge is 2.24. The second-order valence-electron chi connectivity index (χ2n) is 3.77. The van der Waals surface area contributed by atoms with Gasteiger partial charge < -0.3 is 5.32 Å². The van der Waals surface area contributed by atoms with Crippen LogP contribution in [0.25, 0.3) is 0 Å². The Kier molecular flexibility index (Phi) is 4.65. The lowest BCUT2D eigenvalue weighted by atomic mass is 9.89. The molecule has 0 aromatic rings. The first-order chi connectivity index (χ1) is 5.02.